The Bertz CT molecular complexity index is 243. The van der Waals surface area contributed by atoms with Gasteiger partial charge >= 0.3 is 6.09 Å². The average molecular weight is 245 g/mol. The van der Waals surface area contributed by atoms with Crippen molar-refractivity contribution in [2.75, 3.05) is 19.8 Å². The molecule has 1 amide bonds. The maximum absolute atomic E-state index is 11.3. The maximum Gasteiger partial charge on any atom is 0.407 e. The van der Waals surface area contributed by atoms with Crippen LogP contribution < -0.4 is 5.32 Å². The van der Waals surface area contributed by atoms with E-state index in [0.29, 0.717) is 19.1 Å². The highest BCUT2D eigenvalue weighted by atomic mass is 16.6. The third kappa shape index (κ3) is 5.89. The predicted molar refractivity (Wildman–Crippen MR) is 63.8 cm³/mol. The monoisotopic (exact) mass is 245 g/mol. The Hall–Kier alpha value is -0.810. The van der Waals surface area contributed by atoms with Crippen LogP contribution in [0.1, 0.15) is 33.6 Å². The molecule has 1 rings (SSSR count). The first-order valence-electron chi connectivity index (χ1n) is 6.10. The van der Waals surface area contributed by atoms with E-state index in [1.807, 2.05) is 20.8 Å². The van der Waals surface area contributed by atoms with E-state index in [1.54, 1.807) is 0 Å². The summed E-state index contributed by atoms with van der Waals surface area (Å²) >= 11 is 0. The zero-order valence-electron chi connectivity index (χ0n) is 10.9. The van der Waals surface area contributed by atoms with Gasteiger partial charge in [0.2, 0.25) is 0 Å². The summed E-state index contributed by atoms with van der Waals surface area (Å²) in [4.78, 5) is 11.3. The van der Waals surface area contributed by atoms with Gasteiger partial charge in [-0.15, -0.1) is 0 Å². The largest absolute Gasteiger partial charge is 0.444 e. The van der Waals surface area contributed by atoms with Crippen molar-refractivity contribution < 1.29 is 19.4 Å². The molecule has 1 aliphatic carbocycles. The highest BCUT2D eigenvalue weighted by molar-refractivity contribution is 5.67. The molecule has 0 aromatic carbocycles. The highest BCUT2D eigenvalue weighted by Gasteiger charge is 2.28. The number of aliphatic hydroxyl groups is 1. The lowest BCUT2D eigenvalue weighted by atomic mass is 9.83. The van der Waals surface area contributed by atoms with Gasteiger partial charge < -0.3 is 19.9 Å². The van der Waals surface area contributed by atoms with E-state index in [9.17, 15) is 4.79 Å². The van der Waals surface area contributed by atoms with E-state index in [0.717, 1.165) is 12.8 Å². The van der Waals surface area contributed by atoms with Gasteiger partial charge in [0, 0.05) is 13.2 Å². The number of hydrogen-bond acceptors (Lipinski definition) is 4. The first kappa shape index (κ1) is 14.3. The molecular weight excluding hydrogens is 222 g/mol. The fraction of sp³-hybridized carbons (Fsp3) is 0.917. The maximum atomic E-state index is 11.3. The lowest BCUT2D eigenvalue weighted by Gasteiger charge is -2.33. The molecule has 5 nitrogen and oxygen atoms in total. The normalized spacial score (nSPS) is 24.0. The van der Waals surface area contributed by atoms with Gasteiger partial charge in [0.05, 0.1) is 12.7 Å². The molecule has 0 spiro atoms. The van der Waals surface area contributed by atoms with Crippen LogP contribution >= 0.6 is 0 Å². The smallest absolute Gasteiger partial charge is 0.407 e. The molecule has 0 atom stereocenters. The third-order valence-electron chi connectivity index (χ3n) is 2.57. The fourth-order valence-corrected chi connectivity index (χ4v) is 1.65. The zero-order valence-corrected chi connectivity index (χ0v) is 10.9. The second-order valence-electron chi connectivity index (χ2n) is 5.44. The molecule has 0 aromatic heterocycles. The molecule has 0 unspecified atom stereocenters. The Kier molecular flexibility index (Phi) is 5.21. The summed E-state index contributed by atoms with van der Waals surface area (Å²) in [5.74, 6) is 0.402. The Morgan fingerprint density at radius 3 is 2.59 bits per heavy atom. The van der Waals surface area contributed by atoms with E-state index in [2.05, 4.69) is 5.32 Å². The van der Waals surface area contributed by atoms with Crippen molar-refractivity contribution in [1.29, 1.82) is 0 Å². The minimum atomic E-state index is -0.465. The number of nitrogens with one attached hydrogen (secondary N) is 1. The van der Waals surface area contributed by atoms with Gasteiger partial charge in [-0.25, -0.2) is 4.79 Å². The first-order valence-corrected chi connectivity index (χ1v) is 6.10. The minimum Gasteiger partial charge on any atom is -0.444 e. The van der Waals surface area contributed by atoms with E-state index >= 15 is 0 Å². The van der Waals surface area contributed by atoms with Crippen LogP contribution in [0.15, 0.2) is 0 Å². The molecule has 0 bridgehead atoms. The van der Waals surface area contributed by atoms with Gasteiger partial charge in [-0.3, -0.25) is 0 Å². The SMILES string of the molecule is CC(C)(C)OC(=O)NCCO[C@H]1C[C@H](CO)C1. The molecule has 0 aliphatic heterocycles. The van der Waals surface area contributed by atoms with Gasteiger partial charge in [-0.1, -0.05) is 0 Å². The Morgan fingerprint density at radius 1 is 1.41 bits per heavy atom. The van der Waals surface area contributed by atoms with Crippen molar-refractivity contribution in [3.8, 4) is 0 Å². The molecular formula is C12H23NO4. The predicted octanol–water partition coefficient (Wildman–Crippen LogP) is 1.30. The molecule has 0 aromatic rings. The molecule has 1 aliphatic rings. The molecule has 17 heavy (non-hydrogen) atoms. The molecule has 100 valence electrons. The molecule has 1 saturated carbocycles. The number of amides is 1. The van der Waals surface area contributed by atoms with Crippen molar-refractivity contribution >= 4 is 6.09 Å². The van der Waals surface area contributed by atoms with Gasteiger partial charge in [-0.2, -0.15) is 0 Å². The van der Waals surface area contributed by atoms with Gasteiger partial charge in [0.25, 0.3) is 0 Å². The second kappa shape index (κ2) is 6.21. The lowest BCUT2D eigenvalue weighted by molar-refractivity contribution is -0.0435. The van der Waals surface area contributed by atoms with Crippen LogP contribution in [0.25, 0.3) is 0 Å². The fourth-order valence-electron chi connectivity index (χ4n) is 1.65. The quantitative estimate of drug-likeness (QED) is 0.716. The van der Waals surface area contributed by atoms with Crippen LogP contribution in [0.2, 0.25) is 0 Å². The second-order valence-corrected chi connectivity index (χ2v) is 5.44. The van der Waals surface area contributed by atoms with Crippen molar-refractivity contribution in [3.63, 3.8) is 0 Å². The van der Waals surface area contributed by atoms with E-state index in [-0.39, 0.29) is 12.7 Å². The number of ether oxygens (including phenoxy) is 2. The number of hydrogen-bond donors (Lipinski definition) is 2. The minimum absolute atomic E-state index is 0.243. The van der Waals surface area contributed by atoms with Crippen LogP contribution in [0.4, 0.5) is 4.79 Å². The first-order chi connectivity index (χ1) is 7.90. The van der Waals surface area contributed by atoms with Crippen molar-refractivity contribution in [3.05, 3.63) is 0 Å². The molecule has 0 radical (unpaired) electrons. The van der Waals surface area contributed by atoms with Gasteiger partial charge in [0.15, 0.2) is 0 Å². The Morgan fingerprint density at radius 2 is 2.06 bits per heavy atom. The average Bonchev–Trinajstić information content (AvgIpc) is 2.11. The van der Waals surface area contributed by atoms with Crippen LogP contribution in [0.5, 0.6) is 0 Å². The number of rotatable bonds is 5. The summed E-state index contributed by atoms with van der Waals surface area (Å²) in [6.45, 7) is 6.67. The van der Waals surface area contributed by atoms with Crippen molar-refractivity contribution in [1.82, 2.24) is 5.32 Å². The molecule has 0 saturated heterocycles. The summed E-state index contributed by atoms with van der Waals surface area (Å²) in [7, 11) is 0. The van der Waals surface area contributed by atoms with Crippen LogP contribution in [-0.4, -0.2) is 42.7 Å². The van der Waals surface area contributed by atoms with Crippen LogP contribution in [0.3, 0.4) is 0 Å². The van der Waals surface area contributed by atoms with Crippen molar-refractivity contribution in [2.24, 2.45) is 5.92 Å². The molecule has 2 N–H and O–H groups in total. The summed E-state index contributed by atoms with van der Waals surface area (Å²) < 4.78 is 10.6. The topological polar surface area (TPSA) is 67.8 Å². The molecule has 1 fully saturated rings. The van der Waals surface area contributed by atoms with E-state index in [1.165, 1.54) is 0 Å². The molecule has 0 heterocycles. The van der Waals surface area contributed by atoms with E-state index < -0.39 is 11.7 Å². The number of carbonyl (C=O) groups is 1. The number of aliphatic hydroxyl groups excluding tert-OH is 1. The zero-order chi connectivity index (χ0) is 12.9. The highest BCUT2D eigenvalue weighted by Crippen LogP contribution is 2.29. The third-order valence-corrected chi connectivity index (χ3v) is 2.57. The Balaban J connectivity index is 1.96. The number of alkyl carbamates (subject to hydrolysis) is 1. The van der Waals surface area contributed by atoms with E-state index in [4.69, 9.17) is 14.6 Å². The summed E-state index contributed by atoms with van der Waals surface area (Å²) in [6, 6.07) is 0. The summed E-state index contributed by atoms with van der Waals surface area (Å²) in [6.07, 6.45) is 1.67. The standard InChI is InChI=1S/C12H23NO4/c1-12(2,3)17-11(15)13-4-5-16-10-6-9(7-10)8-14/h9-10,14H,4-8H2,1-3H3,(H,13,15)/t9-,10-. The molecule has 5 heteroatoms. The van der Waals surface area contributed by atoms with Crippen molar-refractivity contribution in [2.45, 2.75) is 45.3 Å². The number of carbonyl (C=O) groups excluding carboxylic acids is 1. The summed E-state index contributed by atoms with van der Waals surface area (Å²) in [5.41, 5.74) is -0.465. The summed E-state index contributed by atoms with van der Waals surface area (Å²) in [5, 5.41) is 11.5. The van der Waals surface area contributed by atoms with Crippen LogP contribution in [0, 0.1) is 5.92 Å². The van der Waals surface area contributed by atoms with Gasteiger partial charge in [0.1, 0.15) is 5.60 Å². The Labute approximate surface area is 102 Å². The lowest BCUT2D eigenvalue weighted by Crippen LogP contribution is -2.37. The van der Waals surface area contributed by atoms with Gasteiger partial charge in [-0.05, 0) is 39.5 Å². The van der Waals surface area contributed by atoms with Crippen LogP contribution in [-0.2, 0) is 9.47 Å².